The van der Waals surface area contributed by atoms with E-state index in [1.165, 1.54) is 14.2 Å². The van der Waals surface area contributed by atoms with Gasteiger partial charge in [-0.05, 0) is 18.2 Å². The molecule has 0 saturated carbocycles. The van der Waals surface area contributed by atoms with Gasteiger partial charge in [-0.2, -0.15) is 0 Å². The minimum absolute atomic E-state index is 0.149. The maximum absolute atomic E-state index is 12.6. The van der Waals surface area contributed by atoms with Crippen LogP contribution in [-0.4, -0.2) is 33.3 Å². The largest absolute Gasteiger partial charge is 0.496 e. The number of methoxy groups -OCH3 is 2. The molecule has 0 radical (unpaired) electrons. The van der Waals surface area contributed by atoms with E-state index in [4.69, 9.17) is 14.2 Å². The number of rotatable bonds is 5. The van der Waals surface area contributed by atoms with E-state index in [2.05, 4.69) is 5.32 Å². The Bertz CT molecular complexity index is 692. The molecule has 5 nitrogen and oxygen atoms in total. The molecule has 1 heterocycles. The van der Waals surface area contributed by atoms with Crippen LogP contribution in [0.2, 0.25) is 0 Å². The molecule has 1 unspecified atom stereocenters. The van der Waals surface area contributed by atoms with Gasteiger partial charge in [0.05, 0.1) is 20.8 Å². The van der Waals surface area contributed by atoms with Crippen LogP contribution < -0.4 is 19.5 Å². The van der Waals surface area contributed by atoms with Crippen molar-refractivity contribution in [3.63, 3.8) is 0 Å². The number of carbonyl (C=O) groups is 1. The minimum atomic E-state index is -0.219. The highest BCUT2D eigenvalue weighted by Crippen LogP contribution is 2.33. The first-order valence-corrected chi connectivity index (χ1v) is 7.45. The average Bonchev–Trinajstić information content (AvgIpc) is 3.02. The normalized spacial score (nSPS) is 15.5. The predicted octanol–water partition coefficient (Wildman–Crippen LogP) is 2.61. The maximum Gasteiger partial charge on any atom is 0.258 e. The quantitative estimate of drug-likeness (QED) is 0.922. The Labute approximate surface area is 135 Å². The van der Waals surface area contributed by atoms with Crippen molar-refractivity contribution in [1.82, 2.24) is 5.32 Å². The van der Waals surface area contributed by atoms with Crippen LogP contribution in [0.3, 0.4) is 0 Å². The second kappa shape index (κ2) is 6.60. The smallest absolute Gasteiger partial charge is 0.258 e. The van der Waals surface area contributed by atoms with Gasteiger partial charge in [0.2, 0.25) is 0 Å². The van der Waals surface area contributed by atoms with Crippen LogP contribution in [0, 0.1) is 0 Å². The summed E-state index contributed by atoms with van der Waals surface area (Å²) in [5, 5.41) is 2.95. The maximum atomic E-state index is 12.6. The van der Waals surface area contributed by atoms with E-state index in [-0.39, 0.29) is 11.8 Å². The molecule has 2 aromatic rings. The molecule has 2 aromatic carbocycles. The summed E-state index contributed by atoms with van der Waals surface area (Å²) in [4.78, 5) is 12.6. The van der Waals surface area contributed by atoms with Crippen molar-refractivity contribution < 1.29 is 19.0 Å². The molecule has 0 aromatic heterocycles. The molecule has 0 bridgehead atoms. The van der Waals surface area contributed by atoms with Gasteiger partial charge in [0.25, 0.3) is 5.91 Å². The van der Waals surface area contributed by atoms with Crippen molar-refractivity contribution >= 4 is 5.91 Å². The summed E-state index contributed by atoms with van der Waals surface area (Å²) in [6.07, 6.45) is 0. The monoisotopic (exact) mass is 313 g/mol. The fourth-order valence-corrected chi connectivity index (χ4v) is 2.78. The highest BCUT2D eigenvalue weighted by molar-refractivity contribution is 5.99. The Balaban J connectivity index is 1.74. The fourth-order valence-electron chi connectivity index (χ4n) is 2.78. The van der Waals surface area contributed by atoms with Crippen LogP contribution in [0.1, 0.15) is 21.8 Å². The van der Waals surface area contributed by atoms with Gasteiger partial charge in [0.15, 0.2) is 0 Å². The van der Waals surface area contributed by atoms with E-state index in [1.807, 2.05) is 24.3 Å². The molecular formula is C18H19NO4. The zero-order valence-corrected chi connectivity index (χ0v) is 13.2. The summed E-state index contributed by atoms with van der Waals surface area (Å²) in [6.45, 7) is 1.07. The van der Waals surface area contributed by atoms with Crippen LogP contribution in [0.15, 0.2) is 42.5 Å². The highest BCUT2D eigenvalue weighted by atomic mass is 16.5. The molecular weight excluding hydrogens is 294 g/mol. The van der Waals surface area contributed by atoms with Crippen LogP contribution in [0.4, 0.5) is 0 Å². The van der Waals surface area contributed by atoms with E-state index in [9.17, 15) is 4.79 Å². The Morgan fingerprint density at radius 2 is 1.83 bits per heavy atom. The molecule has 1 amide bonds. The number of carbonyl (C=O) groups excluding carboxylic acids is 1. The number of amides is 1. The third-order valence-corrected chi connectivity index (χ3v) is 3.96. The van der Waals surface area contributed by atoms with Crippen LogP contribution in [0.5, 0.6) is 17.2 Å². The second-order valence-corrected chi connectivity index (χ2v) is 5.29. The number of ether oxygens (including phenoxy) is 3. The first-order chi connectivity index (χ1) is 11.2. The lowest BCUT2D eigenvalue weighted by Crippen LogP contribution is -2.29. The Morgan fingerprint density at radius 1 is 1.13 bits per heavy atom. The number of nitrogens with one attached hydrogen (secondary N) is 1. The first-order valence-electron chi connectivity index (χ1n) is 7.45. The Hall–Kier alpha value is -2.69. The molecule has 23 heavy (non-hydrogen) atoms. The van der Waals surface area contributed by atoms with E-state index in [1.54, 1.807) is 18.2 Å². The molecule has 0 aliphatic carbocycles. The summed E-state index contributed by atoms with van der Waals surface area (Å²) < 4.78 is 16.2. The molecule has 0 spiro atoms. The van der Waals surface area contributed by atoms with Gasteiger partial charge in [-0.3, -0.25) is 4.79 Å². The molecule has 0 fully saturated rings. The molecule has 0 saturated heterocycles. The minimum Gasteiger partial charge on any atom is -0.496 e. The lowest BCUT2D eigenvalue weighted by atomic mass is 10.0. The van der Waals surface area contributed by atoms with Crippen molar-refractivity contribution in [2.45, 2.75) is 5.92 Å². The molecule has 5 heteroatoms. The van der Waals surface area contributed by atoms with Gasteiger partial charge in [-0.1, -0.05) is 24.3 Å². The zero-order valence-electron chi connectivity index (χ0n) is 13.2. The lowest BCUT2D eigenvalue weighted by molar-refractivity contribution is 0.0944. The van der Waals surface area contributed by atoms with Gasteiger partial charge >= 0.3 is 0 Å². The van der Waals surface area contributed by atoms with Crippen molar-refractivity contribution in [3.8, 4) is 17.2 Å². The van der Waals surface area contributed by atoms with Gasteiger partial charge in [-0.25, -0.2) is 0 Å². The molecule has 1 N–H and O–H groups in total. The van der Waals surface area contributed by atoms with Crippen molar-refractivity contribution in [3.05, 3.63) is 53.6 Å². The van der Waals surface area contributed by atoms with Gasteiger partial charge in [0.1, 0.15) is 22.8 Å². The number of hydrogen-bond donors (Lipinski definition) is 1. The van der Waals surface area contributed by atoms with Crippen molar-refractivity contribution in [2.24, 2.45) is 0 Å². The first kappa shape index (κ1) is 15.2. The zero-order chi connectivity index (χ0) is 16.2. The van der Waals surface area contributed by atoms with E-state index in [0.717, 1.165) is 11.3 Å². The third kappa shape index (κ3) is 2.95. The molecule has 3 rings (SSSR count). The average molecular weight is 313 g/mol. The number of para-hydroxylation sites is 1. The standard InChI is InChI=1S/C18H19NO4/c1-21-15-8-5-9-16(22-2)17(15)18(20)19-10-12-11-23-14-7-4-3-6-13(12)14/h3-9,12H,10-11H2,1-2H3,(H,19,20). The van der Waals surface area contributed by atoms with E-state index in [0.29, 0.717) is 30.2 Å². The molecule has 1 aliphatic heterocycles. The fraction of sp³-hybridized carbons (Fsp3) is 0.278. The lowest BCUT2D eigenvalue weighted by Gasteiger charge is -2.15. The summed E-state index contributed by atoms with van der Waals surface area (Å²) in [7, 11) is 3.07. The van der Waals surface area contributed by atoms with Gasteiger partial charge in [0, 0.05) is 18.0 Å². The summed E-state index contributed by atoms with van der Waals surface area (Å²) in [5.41, 5.74) is 1.53. The summed E-state index contributed by atoms with van der Waals surface area (Å²) in [6, 6.07) is 13.2. The van der Waals surface area contributed by atoms with E-state index >= 15 is 0 Å². The van der Waals surface area contributed by atoms with Crippen LogP contribution in [-0.2, 0) is 0 Å². The third-order valence-electron chi connectivity index (χ3n) is 3.96. The van der Waals surface area contributed by atoms with Crippen LogP contribution in [0.25, 0.3) is 0 Å². The van der Waals surface area contributed by atoms with Crippen LogP contribution >= 0.6 is 0 Å². The Kier molecular flexibility index (Phi) is 4.37. The van der Waals surface area contributed by atoms with Crippen molar-refractivity contribution in [1.29, 1.82) is 0 Å². The summed E-state index contributed by atoms with van der Waals surface area (Å²) >= 11 is 0. The molecule has 1 aliphatic rings. The van der Waals surface area contributed by atoms with E-state index < -0.39 is 0 Å². The topological polar surface area (TPSA) is 56.8 Å². The SMILES string of the molecule is COc1cccc(OC)c1C(=O)NCC1COc2ccccc21. The second-order valence-electron chi connectivity index (χ2n) is 5.29. The predicted molar refractivity (Wildman–Crippen MR) is 86.6 cm³/mol. The number of benzene rings is 2. The number of fused-ring (bicyclic) bond motifs is 1. The molecule has 120 valence electrons. The Morgan fingerprint density at radius 3 is 2.52 bits per heavy atom. The van der Waals surface area contributed by atoms with Crippen molar-refractivity contribution in [2.75, 3.05) is 27.4 Å². The molecule has 1 atom stereocenters. The summed E-state index contributed by atoms with van der Waals surface area (Å²) in [5.74, 6) is 1.80. The van der Waals surface area contributed by atoms with Gasteiger partial charge in [-0.15, -0.1) is 0 Å². The number of hydrogen-bond acceptors (Lipinski definition) is 4. The van der Waals surface area contributed by atoms with Gasteiger partial charge < -0.3 is 19.5 Å². The highest BCUT2D eigenvalue weighted by Gasteiger charge is 2.25.